The number of rotatable bonds is 32. The fraction of sp³-hybridized carbons (Fsp3) is 0.814. The molecule has 1 saturated heterocycles. The minimum atomic E-state index is -1.13. The van der Waals surface area contributed by atoms with Gasteiger partial charge in [-0.1, -0.05) is 104 Å². The minimum absolute atomic E-state index is 0.0812. The second-order valence-corrected chi connectivity index (χ2v) is 20.8. The molecule has 1 aliphatic heterocycles. The molecule has 1 fully saturated rings. The SMILES string of the molecule is C=CC(=O)OC.CC[C@@H](C)[C@@H](C)CCCC(=O)OC.COC(=O)CCC[C@H](C)[C@H](C)/C=C/I.COC(=O)CCC[C@H](C)[C@H](C)C=O.COC(=O)CCC[C@H](C)[C@H](C)CO.COC(=O)CCC[C@H](O)[C@H](O)CO.OCC1OC(O)CC1O. The van der Waals surface area contributed by atoms with Gasteiger partial charge in [-0.15, -0.1) is 0 Å². The van der Waals surface area contributed by atoms with Gasteiger partial charge in [-0.25, -0.2) is 4.79 Å². The maximum Gasteiger partial charge on any atom is 0.329 e. The Morgan fingerprint density at radius 2 is 0.901 bits per heavy atom. The van der Waals surface area contributed by atoms with Gasteiger partial charge in [0.15, 0.2) is 6.29 Å². The standard InChI is InChI=1S/C11H19IO2.C11H22O2.C10H20O3.C10H18O3.C8H16O5.C5H10O4.C4H6O2/c1-9(10(2)7-8-12)5-4-6-11(13)14-3;1-5-9(2)10(3)7-6-8-11(12)13-4;2*1-8(9(2)7-11)5-4-6-10(12)13-3;1-13-8(12)4-2-3-6(10)7(11)5-9;6-2-4-3(7)1-5(8)9-4;1-3-4(5)6-2/h7-10H,4-6H2,1-3H3;9-10H,5-8H2,1-4H3;8-9,11H,4-7H2,1-3H3;7-9H,4-6H2,1-3H3;6-7,9-11H,2-5H2,1H3;3-8H,1-2H2;3H,1H2,2H3/b8-7+;;;;;;/t2*9-,10+;2*8-,9+;6-,7+;;/m01000../s1. The summed E-state index contributed by atoms with van der Waals surface area (Å²) in [5.74, 6) is 2.66. The molecule has 3 unspecified atom stereocenters. The third-order valence-corrected chi connectivity index (χ3v) is 14.2. The highest BCUT2D eigenvalue weighted by molar-refractivity contribution is 14.1. The Morgan fingerprint density at radius 3 is 1.15 bits per heavy atom. The van der Waals surface area contributed by atoms with E-state index in [4.69, 9.17) is 35.7 Å². The predicted molar refractivity (Wildman–Crippen MR) is 319 cm³/mol. The molecule has 0 aliphatic carbocycles. The normalized spacial score (nSPS) is 17.6. The quantitative estimate of drug-likeness (QED) is 0.0111. The van der Waals surface area contributed by atoms with Gasteiger partial charge in [0.2, 0.25) is 0 Å². The van der Waals surface area contributed by atoms with Crippen molar-refractivity contribution in [3.8, 4) is 0 Å². The first kappa shape index (κ1) is 88.6. The molecule has 22 heteroatoms. The summed E-state index contributed by atoms with van der Waals surface area (Å²) >= 11 is 2.24. The number of esters is 6. The number of aliphatic hydroxyl groups excluding tert-OH is 7. The van der Waals surface area contributed by atoms with E-state index in [9.17, 15) is 33.6 Å². The van der Waals surface area contributed by atoms with Gasteiger partial charge >= 0.3 is 35.8 Å². The van der Waals surface area contributed by atoms with Gasteiger partial charge in [0.05, 0.1) is 68.1 Å². The number of carbonyl (C=O) groups is 7. The predicted octanol–water partition coefficient (Wildman–Crippen LogP) is 7.79. The van der Waals surface area contributed by atoms with Crippen LogP contribution in [0.4, 0.5) is 0 Å². The van der Waals surface area contributed by atoms with Crippen molar-refractivity contribution in [2.45, 2.75) is 202 Å². The molecule has 480 valence electrons. The number of allylic oxidation sites excluding steroid dienone is 1. The van der Waals surface area contributed by atoms with Gasteiger partial charge in [-0.3, -0.25) is 24.0 Å². The summed E-state index contributed by atoms with van der Waals surface area (Å²) in [4.78, 5) is 74.0. The van der Waals surface area contributed by atoms with Crippen molar-refractivity contribution in [1.29, 1.82) is 0 Å². The van der Waals surface area contributed by atoms with E-state index in [1.54, 1.807) is 0 Å². The number of hydrogen-bond donors (Lipinski definition) is 7. The number of aldehydes is 1. The lowest BCUT2D eigenvalue weighted by Crippen LogP contribution is -2.29. The average molecular weight is 1280 g/mol. The van der Waals surface area contributed by atoms with Crippen molar-refractivity contribution in [3.63, 3.8) is 0 Å². The van der Waals surface area contributed by atoms with Gasteiger partial charge in [-0.2, -0.15) is 0 Å². The van der Waals surface area contributed by atoms with Crippen LogP contribution < -0.4 is 0 Å². The number of hydrogen-bond acceptors (Lipinski definition) is 21. The van der Waals surface area contributed by atoms with Crippen LogP contribution in [0.1, 0.15) is 171 Å². The summed E-state index contributed by atoms with van der Waals surface area (Å²) in [6.45, 7) is 21.9. The molecule has 0 aromatic rings. The lowest BCUT2D eigenvalue weighted by Gasteiger charge is -2.17. The van der Waals surface area contributed by atoms with Crippen LogP contribution in [0.25, 0.3) is 0 Å². The third kappa shape index (κ3) is 58.0. The van der Waals surface area contributed by atoms with Crippen LogP contribution in [-0.4, -0.2) is 171 Å². The Hall–Kier alpha value is -3.62. The number of carbonyl (C=O) groups excluding carboxylic acids is 7. The Morgan fingerprint density at radius 1 is 0.543 bits per heavy atom. The van der Waals surface area contributed by atoms with Crippen LogP contribution >= 0.6 is 22.6 Å². The molecule has 0 amide bonds. The maximum absolute atomic E-state index is 10.9. The van der Waals surface area contributed by atoms with E-state index < -0.39 is 43.3 Å². The fourth-order valence-electron chi connectivity index (χ4n) is 6.62. The highest BCUT2D eigenvalue weighted by atomic mass is 127. The van der Waals surface area contributed by atoms with E-state index in [0.29, 0.717) is 61.7 Å². The lowest BCUT2D eigenvalue weighted by molar-refractivity contribution is -0.141. The summed E-state index contributed by atoms with van der Waals surface area (Å²) in [7, 11) is 8.28. The summed E-state index contributed by atoms with van der Waals surface area (Å²) < 4.78 is 33.5. The number of ether oxygens (including phenoxy) is 7. The van der Waals surface area contributed by atoms with Crippen LogP contribution in [0.5, 0.6) is 0 Å². The highest BCUT2D eigenvalue weighted by Gasteiger charge is 2.31. The van der Waals surface area contributed by atoms with Crippen LogP contribution in [0.3, 0.4) is 0 Å². The largest absolute Gasteiger partial charge is 0.469 e. The molecular weight excluding hydrogens is 1170 g/mol. The monoisotopic (exact) mass is 1280 g/mol. The van der Waals surface area contributed by atoms with E-state index in [-0.39, 0.29) is 68.2 Å². The smallest absolute Gasteiger partial charge is 0.329 e. The summed E-state index contributed by atoms with van der Waals surface area (Å²) in [6, 6.07) is 0. The first-order chi connectivity index (χ1) is 38.1. The number of aliphatic hydroxyl groups is 7. The van der Waals surface area contributed by atoms with Gasteiger partial charge in [-0.05, 0) is 110 Å². The fourth-order valence-corrected chi connectivity index (χ4v) is 7.28. The van der Waals surface area contributed by atoms with E-state index in [2.05, 4.69) is 114 Å². The molecule has 7 N–H and O–H groups in total. The molecule has 0 aromatic heterocycles. The van der Waals surface area contributed by atoms with Crippen molar-refractivity contribution in [1.82, 2.24) is 0 Å². The maximum atomic E-state index is 10.9. The average Bonchev–Trinajstić information content (AvgIpc) is 3.81. The molecule has 81 heavy (non-hydrogen) atoms. The molecule has 0 bridgehead atoms. The molecule has 0 spiro atoms. The molecular formula is C59H111IO21. The summed E-state index contributed by atoms with van der Waals surface area (Å²) in [5.41, 5.74) is 0. The molecule has 0 aromatic carbocycles. The van der Waals surface area contributed by atoms with E-state index in [1.165, 1.54) is 49.1 Å². The summed E-state index contributed by atoms with van der Waals surface area (Å²) in [5, 5.41) is 61.5. The highest BCUT2D eigenvalue weighted by Crippen LogP contribution is 2.22. The van der Waals surface area contributed by atoms with E-state index >= 15 is 0 Å². The zero-order valence-electron chi connectivity index (χ0n) is 51.9. The van der Waals surface area contributed by atoms with Crippen LogP contribution in [0.15, 0.2) is 22.8 Å². The number of halogens is 1. The van der Waals surface area contributed by atoms with Gasteiger partial charge in [0, 0.05) is 57.1 Å². The van der Waals surface area contributed by atoms with Gasteiger partial charge in [0.1, 0.15) is 18.5 Å². The molecule has 21 nitrogen and oxygen atoms in total. The van der Waals surface area contributed by atoms with Crippen molar-refractivity contribution >= 4 is 64.7 Å². The first-order valence-corrected chi connectivity index (χ1v) is 29.3. The Labute approximate surface area is 499 Å². The minimum Gasteiger partial charge on any atom is -0.469 e. The van der Waals surface area contributed by atoms with Crippen molar-refractivity contribution < 1.29 is 102 Å². The topological polar surface area (TPSA) is 326 Å². The van der Waals surface area contributed by atoms with Crippen molar-refractivity contribution in [2.24, 2.45) is 47.3 Å². The van der Waals surface area contributed by atoms with E-state index in [0.717, 1.165) is 75.6 Å². The van der Waals surface area contributed by atoms with Crippen molar-refractivity contribution in [2.75, 3.05) is 62.5 Å². The second-order valence-electron chi connectivity index (χ2n) is 20.1. The van der Waals surface area contributed by atoms with Crippen molar-refractivity contribution in [3.05, 3.63) is 22.8 Å². The summed E-state index contributed by atoms with van der Waals surface area (Å²) in [6.07, 6.45) is 11.9. The molecule has 1 heterocycles. The third-order valence-electron chi connectivity index (χ3n) is 13.8. The van der Waals surface area contributed by atoms with E-state index in [1.807, 2.05) is 20.8 Å². The zero-order chi connectivity index (χ0) is 63.9. The molecule has 0 radical (unpaired) electrons. The molecule has 1 rings (SSSR count). The second kappa shape index (κ2) is 61.0. The number of methoxy groups -OCH3 is 6. The zero-order valence-corrected chi connectivity index (χ0v) is 54.0. The van der Waals surface area contributed by atoms with Crippen LogP contribution in [-0.2, 0) is 66.7 Å². The van der Waals surface area contributed by atoms with Crippen LogP contribution in [0.2, 0.25) is 0 Å². The van der Waals surface area contributed by atoms with Gasteiger partial charge in [0.25, 0.3) is 0 Å². The lowest BCUT2D eigenvalue weighted by atomic mass is 9.89. The first-order valence-electron chi connectivity index (χ1n) is 28.1. The van der Waals surface area contributed by atoms with Gasteiger partial charge < -0.3 is 73.7 Å². The molecule has 0 saturated carbocycles. The molecule has 13 atom stereocenters. The van der Waals surface area contributed by atoms with Crippen LogP contribution in [0, 0.1) is 47.3 Å². The Kier molecular flexibility index (Phi) is 66.7. The Balaban J connectivity index is -0.000000205. The molecule has 1 aliphatic rings. The Bertz CT molecular complexity index is 1500.